The van der Waals surface area contributed by atoms with Crippen molar-refractivity contribution in [3.63, 3.8) is 0 Å². The third-order valence-corrected chi connectivity index (χ3v) is 2.98. The summed E-state index contributed by atoms with van der Waals surface area (Å²) in [5.41, 5.74) is 0.0468. The number of aldehydes is 1. The molecule has 6 nitrogen and oxygen atoms in total. The number of amides is 1. The van der Waals surface area contributed by atoms with Gasteiger partial charge < -0.3 is 9.64 Å². The van der Waals surface area contributed by atoms with Crippen LogP contribution in [0.2, 0.25) is 0 Å². The SMILES string of the molecule is CC(C)(C)OC(=O)N1CCC(n2nccc2C=O)C1. The molecular weight excluding hydrogens is 246 g/mol. The van der Waals surface area contributed by atoms with Gasteiger partial charge in [-0.3, -0.25) is 9.48 Å². The van der Waals surface area contributed by atoms with Crippen molar-refractivity contribution < 1.29 is 14.3 Å². The molecule has 1 aliphatic heterocycles. The Hall–Kier alpha value is -1.85. The van der Waals surface area contributed by atoms with Crippen molar-refractivity contribution in [3.05, 3.63) is 18.0 Å². The van der Waals surface area contributed by atoms with E-state index in [1.54, 1.807) is 21.8 Å². The average molecular weight is 265 g/mol. The largest absolute Gasteiger partial charge is 0.444 e. The highest BCUT2D eigenvalue weighted by molar-refractivity contribution is 5.72. The lowest BCUT2D eigenvalue weighted by Gasteiger charge is -2.24. The summed E-state index contributed by atoms with van der Waals surface area (Å²) in [6, 6.07) is 1.71. The molecule has 0 saturated carbocycles. The molecule has 1 fully saturated rings. The van der Waals surface area contributed by atoms with Crippen LogP contribution in [0.3, 0.4) is 0 Å². The maximum Gasteiger partial charge on any atom is 0.410 e. The molecule has 1 amide bonds. The second-order valence-electron chi connectivity index (χ2n) is 5.69. The average Bonchev–Trinajstić information content (AvgIpc) is 2.95. The Bertz CT molecular complexity index is 476. The standard InChI is InChI=1S/C13H19N3O3/c1-13(2,3)19-12(18)15-7-5-10(8-15)16-11(9-17)4-6-14-16/h4,6,9-10H,5,7-8H2,1-3H3. The molecule has 104 valence electrons. The first-order chi connectivity index (χ1) is 8.90. The third-order valence-electron chi connectivity index (χ3n) is 2.98. The van der Waals surface area contributed by atoms with Gasteiger partial charge in [0.05, 0.1) is 6.04 Å². The highest BCUT2D eigenvalue weighted by atomic mass is 16.6. The van der Waals surface area contributed by atoms with Crippen molar-refractivity contribution in [1.82, 2.24) is 14.7 Å². The predicted molar refractivity (Wildman–Crippen MR) is 69.1 cm³/mol. The van der Waals surface area contributed by atoms with E-state index in [0.717, 1.165) is 12.7 Å². The number of hydrogen-bond acceptors (Lipinski definition) is 4. The Morgan fingerprint density at radius 1 is 1.53 bits per heavy atom. The fraction of sp³-hybridized carbons (Fsp3) is 0.615. The number of carbonyl (C=O) groups excluding carboxylic acids is 2. The molecule has 0 N–H and O–H groups in total. The van der Waals surface area contributed by atoms with Crippen molar-refractivity contribution in [2.45, 2.75) is 38.8 Å². The van der Waals surface area contributed by atoms with Crippen LogP contribution in [0, 0.1) is 0 Å². The highest BCUT2D eigenvalue weighted by Gasteiger charge is 2.31. The fourth-order valence-electron chi connectivity index (χ4n) is 2.16. The molecule has 1 aromatic heterocycles. The van der Waals surface area contributed by atoms with E-state index in [-0.39, 0.29) is 12.1 Å². The quantitative estimate of drug-likeness (QED) is 0.766. The summed E-state index contributed by atoms with van der Waals surface area (Å²) in [5, 5.41) is 4.14. The number of rotatable bonds is 2. The molecule has 0 bridgehead atoms. The van der Waals surface area contributed by atoms with E-state index in [2.05, 4.69) is 5.10 Å². The van der Waals surface area contributed by atoms with Crippen molar-refractivity contribution in [2.24, 2.45) is 0 Å². The van der Waals surface area contributed by atoms with Crippen LogP contribution in [0.25, 0.3) is 0 Å². The lowest BCUT2D eigenvalue weighted by molar-refractivity contribution is 0.0288. The summed E-state index contributed by atoms with van der Waals surface area (Å²) in [6.45, 7) is 6.68. The van der Waals surface area contributed by atoms with Gasteiger partial charge >= 0.3 is 6.09 Å². The Kier molecular flexibility index (Phi) is 3.59. The third kappa shape index (κ3) is 3.13. The Morgan fingerprint density at radius 3 is 2.89 bits per heavy atom. The van der Waals surface area contributed by atoms with E-state index in [1.165, 1.54) is 0 Å². The van der Waals surface area contributed by atoms with Crippen LogP contribution in [0.5, 0.6) is 0 Å². The first-order valence-electron chi connectivity index (χ1n) is 6.37. The molecule has 1 aliphatic rings. The van der Waals surface area contributed by atoms with Crippen LogP contribution in [0.4, 0.5) is 4.79 Å². The van der Waals surface area contributed by atoms with Crippen molar-refractivity contribution in [2.75, 3.05) is 13.1 Å². The summed E-state index contributed by atoms with van der Waals surface area (Å²) in [5.74, 6) is 0. The van der Waals surface area contributed by atoms with Gasteiger partial charge in [0, 0.05) is 19.3 Å². The number of likely N-dealkylation sites (tertiary alicyclic amines) is 1. The first kappa shape index (κ1) is 13.6. The molecule has 0 spiro atoms. The molecule has 1 saturated heterocycles. The minimum Gasteiger partial charge on any atom is -0.444 e. The summed E-state index contributed by atoms with van der Waals surface area (Å²) in [4.78, 5) is 24.5. The topological polar surface area (TPSA) is 64.4 Å². The molecule has 1 aromatic rings. The number of carbonyl (C=O) groups is 2. The summed E-state index contributed by atoms with van der Waals surface area (Å²) >= 11 is 0. The second kappa shape index (κ2) is 5.03. The summed E-state index contributed by atoms with van der Waals surface area (Å²) < 4.78 is 7.01. The zero-order valence-corrected chi connectivity index (χ0v) is 11.5. The Labute approximate surface area is 112 Å². The second-order valence-corrected chi connectivity index (χ2v) is 5.69. The van der Waals surface area contributed by atoms with Gasteiger partial charge in [-0.2, -0.15) is 5.10 Å². The van der Waals surface area contributed by atoms with Crippen LogP contribution >= 0.6 is 0 Å². The molecular formula is C13H19N3O3. The molecule has 1 unspecified atom stereocenters. The van der Waals surface area contributed by atoms with E-state index >= 15 is 0 Å². The van der Waals surface area contributed by atoms with Crippen molar-refractivity contribution >= 4 is 12.4 Å². The van der Waals surface area contributed by atoms with Crippen LogP contribution < -0.4 is 0 Å². The fourth-order valence-corrected chi connectivity index (χ4v) is 2.16. The Balaban J connectivity index is 2.00. The minimum absolute atomic E-state index is 0.0442. The van der Waals surface area contributed by atoms with Crippen LogP contribution in [0.1, 0.15) is 43.7 Å². The smallest absolute Gasteiger partial charge is 0.410 e. The van der Waals surface area contributed by atoms with Crippen LogP contribution in [0.15, 0.2) is 12.3 Å². The van der Waals surface area contributed by atoms with Crippen molar-refractivity contribution in [1.29, 1.82) is 0 Å². The lowest BCUT2D eigenvalue weighted by atomic mass is 10.2. The number of aromatic nitrogens is 2. The highest BCUT2D eigenvalue weighted by Crippen LogP contribution is 2.23. The lowest BCUT2D eigenvalue weighted by Crippen LogP contribution is -2.35. The van der Waals surface area contributed by atoms with Crippen molar-refractivity contribution in [3.8, 4) is 0 Å². The molecule has 19 heavy (non-hydrogen) atoms. The van der Waals surface area contributed by atoms with Gasteiger partial charge in [-0.25, -0.2) is 4.79 Å². The van der Waals surface area contributed by atoms with Gasteiger partial charge in [0.2, 0.25) is 0 Å². The maximum atomic E-state index is 11.9. The van der Waals surface area contributed by atoms with Gasteiger partial charge in [0.15, 0.2) is 6.29 Å². The van der Waals surface area contributed by atoms with Gasteiger partial charge in [-0.05, 0) is 33.3 Å². The summed E-state index contributed by atoms with van der Waals surface area (Å²) in [7, 11) is 0. The normalized spacial score (nSPS) is 19.5. The van der Waals surface area contributed by atoms with E-state index in [9.17, 15) is 9.59 Å². The van der Waals surface area contributed by atoms with Gasteiger partial charge in [0.25, 0.3) is 0 Å². The van der Waals surface area contributed by atoms with Gasteiger partial charge in [0.1, 0.15) is 11.3 Å². The molecule has 2 heterocycles. The zero-order valence-electron chi connectivity index (χ0n) is 11.5. The monoisotopic (exact) mass is 265 g/mol. The number of nitrogens with zero attached hydrogens (tertiary/aromatic N) is 3. The first-order valence-corrected chi connectivity index (χ1v) is 6.37. The van der Waals surface area contributed by atoms with Crippen LogP contribution in [-0.2, 0) is 4.74 Å². The van der Waals surface area contributed by atoms with Gasteiger partial charge in [-0.15, -0.1) is 0 Å². The summed E-state index contributed by atoms with van der Waals surface area (Å²) in [6.07, 6.45) is 2.85. The zero-order chi connectivity index (χ0) is 14.0. The Morgan fingerprint density at radius 2 is 2.26 bits per heavy atom. The molecule has 6 heteroatoms. The number of ether oxygens (including phenoxy) is 1. The van der Waals surface area contributed by atoms with E-state index in [0.29, 0.717) is 18.8 Å². The molecule has 1 atom stereocenters. The minimum atomic E-state index is -0.491. The van der Waals surface area contributed by atoms with E-state index in [1.807, 2.05) is 20.8 Å². The predicted octanol–water partition coefficient (Wildman–Crippen LogP) is 1.88. The number of hydrogen-bond donors (Lipinski definition) is 0. The van der Waals surface area contributed by atoms with E-state index in [4.69, 9.17) is 4.74 Å². The van der Waals surface area contributed by atoms with Gasteiger partial charge in [-0.1, -0.05) is 0 Å². The van der Waals surface area contributed by atoms with E-state index < -0.39 is 5.60 Å². The molecule has 0 aromatic carbocycles. The molecule has 0 radical (unpaired) electrons. The maximum absolute atomic E-state index is 11.9. The van der Waals surface area contributed by atoms with Crippen LogP contribution in [-0.4, -0.2) is 45.8 Å². The molecule has 0 aliphatic carbocycles. The molecule has 2 rings (SSSR count).